The largest absolute Gasteiger partial charge is 0.494 e. The molecular formula is C26H26ClF3N2O4. The minimum atomic E-state index is -2.22. The van der Waals surface area contributed by atoms with Gasteiger partial charge in [-0.2, -0.15) is 4.39 Å². The zero-order chi connectivity index (χ0) is 26.4. The second-order valence-electron chi connectivity index (χ2n) is 9.65. The summed E-state index contributed by atoms with van der Waals surface area (Å²) in [4.78, 5) is 27.7. The molecule has 0 aromatic heterocycles. The van der Waals surface area contributed by atoms with E-state index in [1.807, 2.05) is 6.08 Å². The molecule has 2 amide bonds. The summed E-state index contributed by atoms with van der Waals surface area (Å²) in [5.41, 5.74) is 1.07. The Labute approximate surface area is 212 Å². The van der Waals surface area contributed by atoms with Crippen LogP contribution in [0.3, 0.4) is 0 Å². The average molecular weight is 523 g/mol. The highest BCUT2D eigenvalue weighted by molar-refractivity contribution is 6.34. The molecule has 0 radical (unpaired) electrons. The number of benzene rings is 2. The van der Waals surface area contributed by atoms with Gasteiger partial charge in [0.05, 0.1) is 17.7 Å². The summed E-state index contributed by atoms with van der Waals surface area (Å²) < 4.78 is 54.0. The van der Waals surface area contributed by atoms with Crippen molar-refractivity contribution < 1.29 is 32.2 Å². The minimum absolute atomic E-state index is 0.129. The number of methoxy groups -OCH3 is 1. The molecule has 0 saturated carbocycles. The van der Waals surface area contributed by atoms with Gasteiger partial charge in [-0.25, -0.2) is 13.6 Å². The van der Waals surface area contributed by atoms with Gasteiger partial charge in [0, 0.05) is 25.2 Å². The van der Waals surface area contributed by atoms with Crippen molar-refractivity contribution in [2.45, 2.75) is 45.6 Å². The van der Waals surface area contributed by atoms with Gasteiger partial charge in [-0.05, 0) is 68.2 Å². The molecule has 1 unspecified atom stereocenters. The van der Waals surface area contributed by atoms with Gasteiger partial charge in [0.25, 0.3) is 5.91 Å². The van der Waals surface area contributed by atoms with Crippen molar-refractivity contribution in [2.75, 3.05) is 20.2 Å². The number of carbonyl (C=O) groups is 2. The third-order valence-electron chi connectivity index (χ3n) is 6.05. The number of rotatable bonds is 4. The van der Waals surface area contributed by atoms with E-state index in [1.54, 1.807) is 37.8 Å². The lowest BCUT2D eigenvalue weighted by atomic mass is 9.96. The van der Waals surface area contributed by atoms with E-state index < -0.39 is 41.1 Å². The molecule has 0 fully saturated rings. The summed E-state index contributed by atoms with van der Waals surface area (Å²) in [6, 6.07) is 5.52. The van der Waals surface area contributed by atoms with Gasteiger partial charge in [0.2, 0.25) is 12.1 Å². The van der Waals surface area contributed by atoms with E-state index in [1.165, 1.54) is 7.11 Å². The smallest absolute Gasteiger partial charge is 0.410 e. The first-order chi connectivity index (χ1) is 16.9. The van der Waals surface area contributed by atoms with Crippen molar-refractivity contribution in [2.24, 2.45) is 0 Å². The molecule has 4 rings (SSSR count). The molecule has 0 bridgehead atoms. The maximum Gasteiger partial charge on any atom is 0.410 e. The molecule has 6 nitrogen and oxygen atoms in total. The quantitative estimate of drug-likeness (QED) is 0.444. The minimum Gasteiger partial charge on any atom is -0.494 e. The Morgan fingerprint density at radius 3 is 2.50 bits per heavy atom. The fourth-order valence-corrected chi connectivity index (χ4v) is 4.59. The lowest BCUT2D eigenvalue weighted by molar-refractivity contribution is 0.0270. The predicted octanol–water partition coefficient (Wildman–Crippen LogP) is 6.28. The SMILES string of the molecule is COc1ccc(C(F)N2Cc3cc(C4=CCN(C(=O)OC(C)(C)C)CC4)cc(Cl)c3C2=O)c(F)c1F. The third kappa shape index (κ3) is 4.89. The van der Waals surface area contributed by atoms with E-state index in [4.69, 9.17) is 21.1 Å². The first-order valence-corrected chi connectivity index (χ1v) is 11.8. The number of hydrogen-bond acceptors (Lipinski definition) is 4. The maximum absolute atomic E-state index is 15.3. The van der Waals surface area contributed by atoms with Crippen molar-refractivity contribution in [1.29, 1.82) is 0 Å². The monoisotopic (exact) mass is 522 g/mol. The summed E-state index contributed by atoms with van der Waals surface area (Å²) >= 11 is 6.42. The van der Waals surface area contributed by atoms with E-state index in [-0.39, 0.29) is 22.9 Å². The third-order valence-corrected chi connectivity index (χ3v) is 6.34. The van der Waals surface area contributed by atoms with E-state index in [2.05, 4.69) is 0 Å². The van der Waals surface area contributed by atoms with Crippen LogP contribution in [-0.2, 0) is 11.3 Å². The second-order valence-corrected chi connectivity index (χ2v) is 10.1. The zero-order valence-electron chi connectivity index (χ0n) is 20.3. The van der Waals surface area contributed by atoms with Crippen LogP contribution in [0.5, 0.6) is 5.75 Å². The topological polar surface area (TPSA) is 59.1 Å². The van der Waals surface area contributed by atoms with Crippen LogP contribution in [0, 0.1) is 11.6 Å². The second kappa shape index (κ2) is 9.69. The van der Waals surface area contributed by atoms with Crippen LogP contribution in [-0.4, -0.2) is 47.6 Å². The number of alkyl halides is 1. The summed E-state index contributed by atoms with van der Waals surface area (Å²) in [5, 5.41) is 0.138. The van der Waals surface area contributed by atoms with Gasteiger partial charge in [-0.1, -0.05) is 17.7 Å². The summed E-state index contributed by atoms with van der Waals surface area (Å²) in [6.07, 6.45) is -0.204. The zero-order valence-corrected chi connectivity index (χ0v) is 21.1. The fourth-order valence-electron chi connectivity index (χ4n) is 4.28. The summed E-state index contributed by atoms with van der Waals surface area (Å²) in [7, 11) is 1.17. The van der Waals surface area contributed by atoms with Crippen molar-refractivity contribution in [3.05, 3.63) is 69.3 Å². The Balaban J connectivity index is 1.55. The molecule has 2 aliphatic rings. The Morgan fingerprint density at radius 2 is 1.89 bits per heavy atom. The van der Waals surface area contributed by atoms with Crippen LogP contribution in [0.4, 0.5) is 18.0 Å². The van der Waals surface area contributed by atoms with Gasteiger partial charge < -0.3 is 19.3 Å². The van der Waals surface area contributed by atoms with Crippen LogP contribution in [0.1, 0.15) is 60.5 Å². The van der Waals surface area contributed by atoms with Crippen molar-refractivity contribution in [3.8, 4) is 5.75 Å². The molecule has 1 atom stereocenters. The molecule has 36 heavy (non-hydrogen) atoms. The number of halogens is 4. The standard InChI is InChI=1S/C26H26ClF3N2O4/c1-26(2,3)36-25(34)31-9-7-14(8-10-31)15-11-16-13-32(24(33)20(16)18(27)12-15)23(30)17-5-6-19(35-4)22(29)21(17)28/h5-7,11-12,23H,8-10,13H2,1-4H3. The lowest BCUT2D eigenvalue weighted by Crippen LogP contribution is -2.39. The first kappa shape index (κ1) is 25.9. The molecule has 2 aromatic carbocycles. The van der Waals surface area contributed by atoms with Crippen molar-refractivity contribution in [3.63, 3.8) is 0 Å². The van der Waals surface area contributed by atoms with E-state index in [0.717, 1.165) is 28.2 Å². The normalized spacial score (nSPS) is 16.6. The number of hydrogen-bond donors (Lipinski definition) is 0. The summed E-state index contributed by atoms with van der Waals surface area (Å²) in [6.45, 7) is 6.03. The highest BCUT2D eigenvalue weighted by Crippen LogP contribution is 2.39. The van der Waals surface area contributed by atoms with Gasteiger partial charge in [0.1, 0.15) is 5.60 Å². The average Bonchev–Trinajstić information content (AvgIpc) is 3.16. The van der Waals surface area contributed by atoms with E-state index in [9.17, 15) is 18.4 Å². The van der Waals surface area contributed by atoms with Crippen LogP contribution in [0.2, 0.25) is 5.02 Å². The van der Waals surface area contributed by atoms with Crippen LogP contribution < -0.4 is 4.74 Å². The Bertz CT molecular complexity index is 1260. The number of nitrogens with zero attached hydrogens (tertiary/aromatic N) is 2. The number of fused-ring (bicyclic) bond motifs is 1. The molecule has 0 N–H and O–H groups in total. The molecule has 0 spiro atoms. The highest BCUT2D eigenvalue weighted by Gasteiger charge is 2.37. The Morgan fingerprint density at radius 1 is 1.17 bits per heavy atom. The Hall–Kier alpha value is -3.20. The summed E-state index contributed by atoms with van der Waals surface area (Å²) in [5.74, 6) is -3.82. The van der Waals surface area contributed by atoms with Gasteiger partial charge in [-0.15, -0.1) is 0 Å². The molecule has 2 aliphatic heterocycles. The van der Waals surface area contributed by atoms with Gasteiger partial charge in [0.15, 0.2) is 11.6 Å². The Kier molecular flexibility index (Phi) is 6.96. The maximum atomic E-state index is 15.3. The first-order valence-electron chi connectivity index (χ1n) is 11.4. The molecule has 10 heteroatoms. The van der Waals surface area contributed by atoms with Crippen molar-refractivity contribution >= 4 is 29.2 Å². The lowest BCUT2D eigenvalue weighted by Gasteiger charge is -2.29. The fraction of sp³-hybridized carbons (Fsp3) is 0.385. The van der Waals surface area contributed by atoms with E-state index in [0.29, 0.717) is 25.1 Å². The number of carbonyl (C=O) groups excluding carboxylic acids is 2. The highest BCUT2D eigenvalue weighted by atomic mass is 35.5. The molecule has 0 saturated heterocycles. The number of amides is 2. The van der Waals surface area contributed by atoms with E-state index >= 15 is 4.39 Å². The molecule has 0 aliphatic carbocycles. The molecular weight excluding hydrogens is 497 g/mol. The van der Waals surface area contributed by atoms with Crippen LogP contribution >= 0.6 is 11.6 Å². The van der Waals surface area contributed by atoms with Crippen LogP contribution in [0.15, 0.2) is 30.3 Å². The predicted molar refractivity (Wildman–Crippen MR) is 128 cm³/mol. The molecule has 2 heterocycles. The van der Waals surface area contributed by atoms with Crippen LogP contribution in [0.25, 0.3) is 5.57 Å². The molecule has 2 aromatic rings. The van der Waals surface area contributed by atoms with Gasteiger partial charge >= 0.3 is 6.09 Å². The number of ether oxygens (including phenoxy) is 2. The van der Waals surface area contributed by atoms with Gasteiger partial charge in [-0.3, -0.25) is 4.79 Å². The van der Waals surface area contributed by atoms with Crippen molar-refractivity contribution in [1.82, 2.24) is 9.80 Å². The molecule has 192 valence electrons.